The highest BCUT2D eigenvalue weighted by molar-refractivity contribution is 5.78. The number of nitrogens with one attached hydrogen (secondary N) is 1. The second kappa shape index (κ2) is 8.49. The van der Waals surface area contributed by atoms with Crippen LogP contribution in [-0.2, 0) is 11.3 Å². The monoisotopic (exact) mass is 355 g/mol. The summed E-state index contributed by atoms with van der Waals surface area (Å²) in [5.74, 6) is 1.43. The average molecular weight is 355 g/mol. The van der Waals surface area contributed by atoms with E-state index in [9.17, 15) is 4.79 Å². The van der Waals surface area contributed by atoms with Crippen LogP contribution in [-0.4, -0.2) is 29.6 Å². The molecule has 2 aromatic rings. The van der Waals surface area contributed by atoms with Gasteiger partial charge in [0.25, 0.3) is 0 Å². The van der Waals surface area contributed by atoms with Crippen molar-refractivity contribution in [3.63, 3.8) is 0 Å². The Morgan fingerprint density at radius 2 is 1.96 bits per heavy atom. The van der Waals surface area contributed by atoms with Gasteiger partial charge in [-0.15, -0.1) is 0 Å². The lowest BCUT2D eigenvalue weighted by molar-refractivity contribution is -0.123. The van der Waals surface area contributed by atoms with E-state index in [-0.39, 0.29) is 11.9 Å². The fraction of sp³-hybridized carbons (Fsp3) is 0.524. The highest BCUT2D eigenvalue weighted by atomic mass is 16.5. The number of hydrogen-bond acceptors (Lipinski definition) is 4. The van der Waals surface area contributed by atoms with Crippen molar-refractivity contribution in [1.82, 2.24) is 15.4 Å². The number of aryl methyl sites for hydroxylation is 2. The summed E-state index contributed by atoms with van der Waals surface area (Å²) in [6.45, 7) is 4.87. The van der Waals surface area contributed by atoms with Gasteiger partial charge in [-0.1, -0.05) is 48.3 Å². The van der Waals surface area contributed by atoms with Gasteiger partial charge >= 0.3 is 0 Å². The van der Waals surface area contributed by atoms with Crippen LogP contribution in [0, 0.1) is 19.8 Å². The molecule has 1 unspecified atom stereocenters. The summed E-state index contributed by atoms with van der Waals surface area (Å²) in [4.78, 5) is 14.7. The molecule has 1 aromatic heterocycles. The van der Waals surface area contributed by atoms with E-state index in [1.807, 2.05) is 44.0 Å². The minimum Gasteiger partial charge on any atom is -0.361 e. The third-order valence-electron chi connectivity index (χ3n) is 5.37. The summed E-state index contributed by atoms with van der Waals surface area (Å²) >= 11 is 0. The molecule has 140 valence electrons. The maximum atomic E-state index is 12.7. The zero-order valence-corrected chi connectivity index (χ0v) is 16.0. The first kappa shape index (κ1) is 18.6. The molecule has 0 saturated heterocycles. The van der Waals surface area contributed by atoms with Gasteiger partial charge < -0.3 is 9.84 Å². The Morgan fingerprint density at radius 3 is 2.58 bits per heavy atom. The molecule has 0 bridgehead atoms. The number of amides is 1. The van der Waals surface area contributed by atoms with E-state index in [0.717, 1.165) is 17.0 Å². The minimum absolute atomic E-state index is 0.0695. The van der Waals surface area contributed by atoms with Crippen molar-refractivity contribution in [3.8, 4) is 0 Å². The normalized spacial score (nSPS) is 16.2. The number of aromatic nitrogens is 1. The van der Waals surface area contributed by atoms with Crippen LogP contribution < -0.4 is 5.32 Å². The molecule has 5 heteroatoms. The molecule has 1 atom stereocenters. The standard InChI is InChI=1S/C21H29N3O2/c1-15-19(16(2)26-23-15)13-24(3)14-20(25)22-21(18-11-7-8-12-18)17-9-5-4-6-10-17/h4-6,9-10,18,21H,7-8,11-14H2,1-3H3,(H,22,25). The summed E-state index contributed by atoms with van der Waals surface area (Å²) in [7, 11) is 1.96. The first-order valence-corrected chi connectivity index (χ1v) is 9.49. The van der Waals surface area contributed by atoms with Gasteiger partial charge in [0.2, 0.25) is 5.91 Å². The Balaban J connectivity index is 1.62. The lowest BCUT2D eigenvalue weighted by atomic mass is 9.91. The first-order chi connectivity index (χ1) is 12.5. The number of benzene rings is 1. The molecular formula is C21H29N3O2. The van der Waals surface area contributed by atoms with Crippen molar-refractivity contribution in [3.05, 3.63) is 52.9 Å². The average Bonchev–Trinajstić information content (AvgIpc) is 3.26. The maximum Gasteiger partial charge on any atom is 0.234 e. The number of likely N-dealkylation sites (N-methyl/N-ethyl adjacent to an activating group) is 1. The van der Waals surface area contributed by atoms with Crippen LogP contribution in [0.3, 0.4) is 0 Å². The van der Waals surface area contributed by atoms with Crippen molar-refractivity contribution in [1.29, 1.82) is 0 Å². The maximum absolute atomic E-state index is 12.7. The Morgan fingerprint density at radius 1 is 1.27 bits per heavy atom. The zero-order valence-electron chi connectivity index (χ0n) is 16.0. The van der Waals surface area contributed by atoms with Crippen LogP contribution in [0.2, 0.25) is 0 Å². The molecule has 1 amide bonds. The quantitative estimate of drug-likeness (QED) is 0.821. The number of carbonyl (C=O) groups excluding carboxylic acids is 1. The predicted molar refractivity (Wildman–Crippen MR) is 102 cm³/mol. The van der Waals surface area contributed by atoms with E-state index in [4.69, 9.17) is 4.52 Å². The molecule has 1 saturated carbocycles. The molecule has 3 rings (SSSR count). The molecule has 1 fully saturated rings. The molecule has 0 radical (unpaired) electrons. The fourth-order valence-electron chi connectivity index (χ4n) is 3.94. The van der Waals surface area contributed by atoms with Gasteiger partial charge in [-0.3, -0.25) is 9.69 Å². The topological polar surface area (TPSA) is 58.4 Å². The highest BCUT2D eigenvalue weighted by Crippen LogP contribution is 2.35. The summed E-state index contributed by atoms with van der Waals surface area (Å²) in [5.41, 5.74) is 3.17. The smallest absolute Gasteiger partial charge is 0.234 e. The van der Waals surface area contributed by atoms with Crippen molar-refractivity contribution < 1.29 is 9.32 Å². The zero-order chi connectivity index (χ0) is 18.5. The summed E-state index contributed by atoms with van der Waals surface area (Å²) in [6.07, 6.45) is 4.90. The van der Waals surface area contributed by atoms with E-state index in [1.54, 1.807) is 0 Å². The first-order valence-electron chi connectivity index (χ1n) is 9.49. The van der Waals surface area contributed by atoms with Crippen LogP contribution in [0.25, 0.3) is 0 Å². The largest absolute Gasteiger partial charge is 0.361 e. The van der Waals surface area contributed by atoms with Gasteiger partial charge in [-0.2, -0.15) is 0 Å². The Labute approximate surface area is 155 Å². The number of carbonyl (C=O) groups is 1. The molecule has 1 aromatic carbocycles. The molecule has 1 heterocycles. The van der Waals surface area contributed by atoms with E-state index >= 15 is 0 Å². The summed E-state index contributed by atoms with van der Waals surface area (Å²) < 4.78 is 5.21. The van der Waals surface area contributed by atoms with Crippen LogP contribution in [0.5, 0.6) is 0 Å². The van der Waals surface area contributed by atoms with Crippen LogP contribution >= 0.6 is 0 Å². The lowest BCUT2D eigenvalue weighted by Gasteiger charge is -2.26. The fourth-order valence-corrected chi connectivity index (χ4v) is 3.94. The number of rotatable bonds is 7. The van der Waals surface area contributed by atoms with Gasteiger partial charge in [0.1, 0.15) is 5.76 Å². The predicted octanol–water partition coefficient (Wildman–Crippen LogP) is 3.77. The second-order valence-corrected chi connectivity index (χ2v) is 7.48. The van der Waals surface area contributed by atoms with Crippen LogP contribution in [0.4, 0.5) is 0 Å². The van der Waals surface area contributed by atoms with E-state index in [0.29, 0.717) is 19.0 Å². The Hall–Kier alpha value is -2.14. The van der Waals surface area contributed by atoms with E-state index in [2.05, 4.69) is 22.6 Å². The number of hydrogen-bond donors (Lipinski definition) is 1. The minimum atomic E-state index is 0.0695. The Kier molecular flexibility index (Phi) is 6.09. The van der Waals surface area contributed by atoms with Crippen molar-refractivity contribution in [2.45, 2.75) is 52.1 Å². The third kappa shape index (κ3) is 4.52. The van der Waals surface area contributed by atoms with Gasteiger partial charge in [-0.05, 0) is 45.2 Å². The SMILES string of the molecule is Cc1noc(C)c1CN(C)CC(=O)NC(c1ccccc1)C1CCCC1. The molecule has 26 heavy (non-hydrogen) atoms. The third-order valence-corrected chi connectivity index (χ3v) is 5.37. The van der Waals surface area contributed by atoms with Crippen molar-refractivity contribution in [2.24, 2.45) is 5.92 Å². The van der Waals surface area contributed by atoms with Crippen molar-refractivity contribution >= 4 is 5.91 Å². The molecule has 1 aliphatic carbocycles. The summed E-state index contributed by atoms with van der Waals surface area (Å²) in [6, 6.07) is 10.5. The molecule has 0 spiro atoms. The van der Waals surface area contributed by atoms with E-state index in [1.165, 1.54) is 31.2 Å². The number of nitrogens with zero attached hydrogens (tertiary/aromatic N) is 2. The Bertz CT molecular complexity index is 701. The van der Waals surface area contributed by atoms with Gasteiger partial charge in [0.05, 0.1) is 18.3 Å². The van der Waals surface area contributed by atoms with Gasteiger partial charge in [0.15, 0.2) is 0 Å². The molecular weight excluding hydrogens is 326 g/mol. The van der Waals surface area contributed by atoms with E-state index < -0.39 is 0 Å². The van der Waals surface area contributed by atoms with Crippen LogP contribution in [0.1, 0.15) is 54.3 Å². The molecule has 1 N–H and O–H groups in total. The van der Waals surface area contributed by atoms with Gasteiger partial charge in [-0.25, -0.2) is 0 Å². The summed E-state index contributed by atoms with van der Waals surface area (Å²) in [5, 5.41) is 7.28. The van der Waals surface area contributed by atoms with Crippen molar-refractivity contribution in [2.75, 3.05) is 13.6 Å². The van der Waals surface area contributed by atoms with Gasteiger partial charge in [0, 0.05) is 12.1 Å². The van der Waals surface area contributed by atoms with Crippen LogP contribution in [0.15, 0.2) is 34.9 Å². The highest BCUT2D eigenvalue weighted by Gasteiger charge is 2.28. The molecule has 0 aliphatic heterocycles. The molecule has 1 aliphatic rings. The molecule has 5 nitrogen and oxygen atoms in total. The lowest BCUT2D eigenvalue weighted by Crippen LogP contribution is -2.39. The second-order valence-electron chi connectivity index (χ2n) is 7.48.